The summed E-state index contributed by atoms with van der Waals surface area (Å²) in [4.78, 5) is 2.18. The van der Waals surface area contributed by atoms with Crippen molar-refractivity contribution in [3.8, 4) is 0 Å². The Morgan fingerprint density at radius 1 is 1.10 bits per heavy atom. The minimum Gasteiger partial charge on any atom is -0.398 e. The van der Waals surface area contributed by atoms with Crippen molar-refractivity contribution in [2.24, 2.45) is 0 Å². The number of rotatable bonds is 4. The molecule has 2 rings (SSSR count). The fourth-order valence-electron chi connectivity index (χ4n) is 2.18. The van der Waals surface area contributed by atoms with Gasteiger partial charge in [0.1, 0.15) is 4.90 Å². The highest BCUT2D eigenvalue weighted by Crippen LogP contribution is 2.23. The van der Waals surface area contributed by atoms with Crippen molar-refractivity contribution in [3.05, 3.63) is 18.2 Å². The van der Waals surface area contributed by atoms with Crippen LogP contribution in [0.1, 0.15) is 19.3 Å². The first-order valence-corrected chi connectivity index (χ1v) is 9.94. The summed E-state index contributed by atoms with van der Waals surface area (Å²) >= 11 is 0. The average molecular weight is 333 g/mol. The number of nitrogens with one attached hydrogen (secondary N) is 1. The molecule has 0 saturated carbocycles. The Labute approximate surface area is 125 Å². The summed E-state index contributed by atoms with van der Waals surface area (Å²) in [5.41, 5.74) is 5.71. The first-order valence-electron chi connectivity index (χ1n) is 6.57. The molecule has 0 spiro atoms. The standard InChI is InChI=1S/C12H19N3O4S2/c1-20(16,17)10-5-6-11(13)12(9-10)21(18,19)14-15-7-3-2-4-8-15/h5-6,9,14H,2-4,7-8,13H2,1H3. The van der Waals surface area contributed by atoms with Crippen molar-refractivity contribution in [3.63, 3.8) is 0 Å². The highest BCUT2D eigenvalue weighted by Gasteiger charge is 2.23. The molecule has 1 aromatic carbocycles. The lowest BCUT2D eigenvalue weighted by atomic mass is 10.2. The van der Waals surface area contributed by atoms with Crippen LogP contribution in [-0.2, 0) is 19.9 Å². The fourth-order valence-corrected chi connectivity index (χ4v) is 4.19. The van der Waals surface area contributed by atoms with Crippen LogP contribution >= 0.6 is 0 Å². The van der Waals surface area contributed by atoms with Crippen molar-refractivity contribution >= 4 is 25.5 Å². The number of hydrogen-bond acceptors (Lipinski definition) is 6. The van der Waals surface area contributed by atoms with E-state index >= 15 is 0 Å². The van der Waals surface area contributed by atoms with E-state index in [1.54, 1.807) is 5.01 Å². The lowest BCUT2D eigenvalue weighted by molar-refractivity contribution is 0.200. The third-order valence-corrected chi connectivity index (χ3v) is 5.85. The third-order valence-electron chi connectivity index (χ3n) is 3.31. The van der Waals surface area contributed by atoms with Gasteiger partial charge in [0.15, 0.2) is 9.84 Å². The number of hydrazine groups is 1. The lowest BCUT2D eigenvalue weighted by Gasteiger charge is -2.26. The Balaban J connectivity index is 2.34. The van der Waals surface area contributed by atoms with E-state index in [0.717, 1.165) is 31.6 Å². The second-order valence-corrected chi connectivity index (χ2v) is 8.76. The van der Waals surface area contributed by atoms with Gasteiger partial charge in [0.25, 0.3) is 10.0 Å². The molecule has 9 heteroatoms. The molecule has 0 radical (unpaired) electrons. The van der Waals surface area contributed by atoms with Gasteiger partial charge in [0, 0.05) is 19.3 Å². The minimum atomic E-state index is -3.89. The van der Waals surface area contributed by atoms with Crippen LogP contribution in [0.3, 0.4) is 0 Å². The molecule has 1 heterocycles. The highest BCUT2D eigenvalue weighted by molar-refractivity contribution is 7.91. The van der Waals surface area contributed by atoms with Crippen molar-refractivity contribution in [2.75, 3.05) is 25.1 Å². The molecular formula is C12H19N3O4S2. The van der Waals surface area contributed by atoms with E-state index in [9.17, 15) is 16.8 Å². The quantitative estimate of drug-likeness (QED) is 0.770. The molecule has 1 fully saturated rings. The van der Waals surface area contributed by atoms with Crippen LogP contribution in [0, 0.1) is 0 Å². The average Bonchev–Trinajstić information content (AvgIpc) is 2.38. The first kappa shape index (κ1) is 16.2. The third kappa shape index (κ3) is 3.94. The van der Waals surface area contributed by atoms with Gasteiger partial charge in [-0.25, -0.2) is 21.8 Å². The van der Waals surface area contributed by atoms with Crippen molar-refractivity contribution in [2.45, 2.75) is 29.1 Å². The van der Waals surface area contributed by atoms with Gasteiger partial charge in [0.2, 0.25) is 0 Å². The number of nitrogen functional groups attached to an aromatic ring is 1. The zero-order valence-corrected chi connectivity index (χ0v) is 13.4. The van der Waals surface area contributed by atoms with Crippen molar-refractivity contribution < 1.29 is 16.8 Å². The van der Waals surface area contributed by atoms with Gasteiger partial charge >= 0.3 is 0 Å². The molecule has 0 atom stereocenters. The van der Waals surface area contributed by atoms with Gasteiger partial charge in [-0.1, -0.05) is 6.42 Å². The Kier molecular flexibility index (Phi) is 4.57. The minimum absolute atomic E-state index is 0.0203. The van der Waals surface area contributed by atoms with Gasteiger partial charge < -0.3 is 5.73 Å². The van der Waals surface area contributed by atoms with Crippen LogP contribution in [-0.4, -0.2) is 41.2 Å². The number of nitrogens with two attached hydrogens (primary N) is 1. The topological polar surface area (TPSA) is 110 Å². The van der Waals surface area contributed by atoms with Crippen LogP contribution in [0.25, 0.3) is 0 Å². The molecule has 0 bridgehead atoms. The molecule has 1 aliphatic heterocycles. The van der Waals surface area contributed by atoms with Gasteiger partial charge in [0.05, 0.1) is 10.6 Å². The molecule has 21 heavy (non-hydrogen) atoms. The normalized spacial score (nSPS) is 17.8. The molecule has 0 amide bonds. The van der Waals surface area contributed by atoms with Crippen LogP contribution in [0.4, 0.5) is 5.69 Å². The summed E-state index contributed by atoms with van der Waals surface area (Å²) in [6, 6.07) is 3.68. The lowest BCUT2D eigenvalue weighted by Crippen LogP contribution is -2.45. The molecule has 1 aliphatic rings. The summed E-state index contributed by atoms with van der Waals surface area (Å²) < 4.78 is 47.8. The molecule has 1 aromatic rings. The molecule has 3 N–H and O–H groups in total. The predicted octanol–water partition coefficient (Wildman–Crippen LogP) is 0.352. The molecule has 0 aromatic heterocycles. The summed E-state index contributed by atoms with van der Waals surface area (Å²) in [7, 11) is -7.38. The van der Waals surface area contributed by atoms with Crippen molar-refractivity contribution in [1.29, 1.82) is 0 Å². The van der Waals surface area contributed by atoms with Crippen LogP contribution < -0.4 is 10.6 Å². The van der Waals surface area contributed by atoms with E-state index in [0.29, 0.717) is 13.1 Å². The smallest absolute Gasteiger partial charge is 0.255 e. The van der Waals surface area contributed by atoms with Crippen LogP contribution in [0.2, 0.25) is 0 Å². The Morgan fingerprint density at radius 2 is 1.71 bits per heavy atom. The predicted molar refractivity (Wildman–Crippen MR) is 79.7 cm³/mol. The molecule has 1 saturated heterocycles. The van der Waals surface area contributed by atoms with E-state index in [4.69, 9.17) is 5.73 Å². The SMILES string of the molecule is CS(=O)(=O)c1ccc(N)c(S(=O)(=O)NN2CCCCC2)c1. The van der Waals surface area contributed by atoms with E-state index < -0.39 is 19.9 Å². The largest absolute Gasteiger partial charge is 0.398 e. The van der Waals surface area contributed by atoms with Crippen LogP contribution in [0.15, 0.2) is 28.0 Å². The monoisotopic (exact) mass is 333 g/mol. The van der Waals surface area contributed by atoms with E-state index in [1.807, 2.05) is 0 Å². The van der Waals surface area contributed by atoms with Crippen molar-refractivity contribution in [1.82, 2.24) is 9.84 Å². The summed E-state index contributed by atoms with van der Waals surface area (Å²) in [5.74, 6) is 0. The number of piperidine rings is 1. The second kappa shape index (κ2) is 5.91. The Bertz CT molecular complexity index is 723. The van der Waals surface area contributed by atoms with E-state index in [-0.39, 0.29) is 15.5 Å². The molecule has 0 aliphatic carbocycles. The maximum Gasteiger partial charge on any atom is 0.255 e. The Hall–Kier alpha value is -1.16. The maximum absolute atomic E-state index is 12.4. The summed E-state index contributed by atoms with van der Waals surface area (Å²) in [6.45, 7) is 1.26. The fraction of sp³-hybridized carbons (Fsp3) is 0.500. The Morgan fingerprint density at radius 3 is 2.29 bits per heavy atom. The highest BCUT2D eigenvalue weighted by atomic mass is 32.2. The molecule has 7 nitrogen and oxygen atoms in total. The van der Waals surface area contributed by atoms with E-state index in [2.05, 4.69) is 4.83 Å². The van der Waals surface area contributed by atoms with Gasteiger partial charge in [-0.15, -0.1) is 4.83 Å². The van der Waals surface area contributed by atoms with Gasteiger partial charge in [-0.3, -0.25) is 0 Å². The zero-order chi connectivity index (χ0) is 15.7. The molecular weight excluding hydrogens is 314 g/mol. The zero-order valence-electron chi connectivity index (χ0n) is 11.7. The summed E-state index contributed by atoms with van der Waals surface area (Å²) in [5, 5.41) is 1.62. The van der Waals surface area contributed by atoms with Crippen LogP contribution in [0.5, 0.6) is 0 Å². The van der Waals surface area contributed by atoms with Gasteiger partial charge in [-0.2, -0.15) is 0 Å². The number of sulfone groups is 1. The summed E-state index contributed by atoms with van der Waals surface area (Å²) in [6.07, 6.45) is 3.93. The second-order valence-electron chi connectivity index (χ2n) is 5.11. The number of nitrogens with zero attached hydrogens (tertiary/aromatic N) is 1. The number of anilines is 1. The molecule has 118 valence electrons. The first-order chi connectivity index (χ1) is 9.70. The van der Waals surface area contributed by atoms with E-state index in [1.165, 1.54) is 12.1 Å². The van der Waals surface area contributed by atoms with Gasteiger partial charge in [-0.05, 0) is 31.0 Å². The number of benzene rings is 1. The number of sulfonamides is 1. The maximum atomic E-state index is 12.4. The molecule has 0 unspecified atom stereocenters. The number of hydrogen-bond donors (Lipinski definition) is 2.